The van der Waals surface area contributed by atoms with Gasteiger partial charge in [-0.3, -0.25) is 0 Å². The molecule has 0 fully saturated rings. The van der Waals surface area contributed by atoms with Gasteiger partial charge in [0, 0.05) is 17.3 Å². The Balaban J connectivity index is 1.95. The van der Waals surface area contributed by atoms with Gasteiger partial charge in [0.15, 0.2) is 9.84 Å². The van der Waals surface area contributed by atoms with Crippen LogP contribution in [0.4, 0.5) is 15.9 Å². The summed E-state index contributed by atoms with van der Waals surface area (Å²) in [5.74, 6) is 0.302. The van der Waals surface area contributed by atoms with Gasteiger partial charge in [0.1, 0.15) is 11.6 Å². The van der Waals surface area contributed by atoms with Crippen molar-refractivity contribution in [1.82, 2.24) is 4.98 Å². The fourth-order valence-corrected chi connectivity index (χ4v) is 2.74. The second kappa shape index (κ2) is 5.38. The molecule has 0 atom stereocenters. The second-order valence-corrected chi connectivity index (χ2v) is 6.97. The molecule has 0 aliphatic rings. The van der Waals surface area contributed by atoms with E-state index in [0.717, 1.165) is 11.1 Å². The molecule has 1 N–H and O–H groups in total. The molecule has 0 amide bonds. The molecule has 0 aliphatic heterocycles. The van der Waals surface area contributed by atoms with Gasteiger partial charge in [-0.05, 0) is 54.6 Å². The van der Waals surface area contributed by atoms with Gasteiger partial charge in [0.2, 0.25) is 0 Å². The molecular weight excluding hydrogens is 303 g/mol. The minimum absolute atomic E-state index is 0.265. The van der Waals surface area contributed by atoms with E-state index in [-0.39, 0.29) is 10.7 Å². The number of aromatic nitrogens is 1. The van der Waals surface area contributed by atoms with Crippen molar-refractivity contribution in [2.45, 2.75) is 4.90 Å². The van der Waals surface area contributed by atoms with E-state index in [0.29, 0.717) is 11.3 Å². The number of sulfone groups is 1. The van der Waals surface area contributed by atoms with Gasteiger partial charge in [-0.15, -0.1) is 0 Å². The van der Waals surface area contributed by atoms with Crippen molar-refractivity contribution in [3.8, 4) is 0 Å². The highest BCUT2D eigenvalue weighted by Crippen LogP contribution is 2.21. The lowest BCUT2D eigenvalue weighted by molar-refractivity contribution is 0.602. The van der Waals surface area contributed by atoms with Crippen molar-refractivity contribution >= 4 is 32.2 Å². The normalized spacial score (nSPS) is 11.5. The summed E-state index contributed by atoms with van der Waals surface area (Å²) in [6.07, 6.45) is 1.17. The van der Waals surface area contributed by atoms with Gasteiger partial charge in [0.05, 0.1) is 10.4 Å². The van der Waals surface area contributed by atoms with Gasteiger partial charge < -0.3 is 5.32 Å². The topological polar surface area (TPSA) is 59.1 Å². The van der Waals surface area contributed by atoms with Gasteiger partial charge >= 0.3 is 0 Å². The third-order valence-corrected chi connectivity index (χ3v) is 4.32. The Kier molecular flexibility index (Phi) is 3.54. The van der Waals surface area contributed by atoms with Crippen LogP contribution in [0.3, 0.4) is 0 Å². The maximum Gasteiger partial charge on any atom is 0.175 e. The Morgan fingerprint density at radius 3 is 2.41 bits per heavy atom. The molecule has 4 nitrogen and oxygen atoms in total. The standard InChI is InChI=1S/C16H13FN2O2S/c1-22(20,21)14-7-8-15-11(10-14)2-9-16(19-15)18-13-5-3-12(17)4-6-13/h2-10H,1H3,(H,18,19). The lowest BCUT2D eigenvalue weighted by Crippen LogP contribution is -1.98. The SMILES string of the molecule is CS(=O)(=O)c1ccc2nc(Nc3ccc(F)cc3)ccc2c1. The predicted octanol–water partition coefficient (Wildman–Crippen LogP) is 3.52. The zero-order valence-corrected chi connectivity index (χ0v) is 12.6. The smallest absolute Gasteiger partial charge is 0.175 e. The highest BCUT2D eigenvalue weighted by atomic mass is 32.2. The number of pyridine rings is 1. The highest BCUT2D eigenvalue weighted by molar-refractivity contribution is 7.90. The molecule has 0 unspecified atom stereocenters. The number of halogens is 1. The number of benzene rings is 2. The van der Waals surface area contributed by atoms with E-state index in [1.807, 2.05) is 0 Å². The van der Waals surface area contributed by atoms with Crippen LogP contribution in [0.1, 0.15) is 0 Å². The molecule has 0 saturated carbocycles. The van der Waals surface area contributed by atoms with E-state index in [2.05, 4.69) is 10.3 Å². The predicted molar refractivity (Wildman–Crippen MR) is 84.5 cm³/mol. The minimum atomic E-state index is -3.24. The van der Waals surface area contributed by atoms with Crippen LogP contribution in [0.15, 0.2) is 59.5 Å². The molecular formula is C16H13FN2O2S. The van der Waals surface area contributed by atoms with Crippen LogP contribution < -0.4 is 5.32 Å². The Morgan fingerprint density at radius 2 is 1.73 bits per heavy atom. The summed E-state index contributed by atoms with van der Waals surface area (Å²) in [6, 6.07) is 14.3. The summed E-state index contributed by atoms with van der Waals surface area (Å²) in [7, 11) is -3.24. The molecule has 1 heterocycles. The molecule has 3 aromatic rings. The second-order valence-electron chi connectivity index (χ2n) is 4.96. The quantitative estimate of drug-likeness (QED) is 0.803. The number of hydrogen-bond donors (Lipinski definition) is 1. The average molecular weight is 316 g/mol. The van der Waals surface area contributed by atoms with Crippen molar-refractivity contribution in [3.63, 3.8) is 0 Å². The van der Waals surface area contributed by atoms with Crippen LogP contribution in [-0.2, 0) is 9.84 Å². The Morgan fingerprint density at radius 1 is 1.00 bits per heavy atom. The number of fused-ring (bicyclic) bond motifs is 1. The summed E-state index contributed by atoms with van der Waals surface area (Å²) < 4.78 is 36.0. The first kappa shape index (κ1) is 14.5. The van der Waals surface area contributed by atoms with Crippen LogP contribution in [0.2, 0.25) is 0 Å². The maximum atomic E-state index is 12.9. The van der Waals surface area contributed by atoms with Crippen LogP contribution in [0.25, 0.3) is 10.9 Å². The van der Waals surface area contributed by atoms with E-state index in [1.165, 1.54) is 24.5 Å². The summed E-state index contributed by atoms with van der Waals surface area (Å²) >= 11 is 0. The lowest BCUT2D eigenvalue weighted by Gasteiger charge is -2.07. The molecule has 0 bridgehead atoms. The average Bonchev–Trinajstić information content (AvgIpc) is 2.48. The first-order chi connectivity index (χ1) is 10.4. The summed E-state index contributed by atoms with van der Waals surface area (Å²) in [5.41, 5.74) is 1.40. The van der Waals surface area contributed by atoms with E-state index >= 15 is 0 Å². The zero-order chi connectivity index (χ0) is 15.7. The van der Waals surface area contributed by atoms with E-state index < -0.39 is 9.84 Å². The number of nitrogens with zero attached hydrogens (tertiary/aromatic N) is 1. The fourth-order valence-electron chi connectivity index (χ4n) is 2.09. The molecule has 1 aromatic heterocycles. The van der Waals surface area contributed by atoms with Crippen LogP contribution in [-0.4, -0.2) is 19.7 Å². The highest BCUT2D eigenvalue weighted by Gasteiger charge is 2.08. The number of nitrogens with one attached hydrogen (secondary N) is 1. The van der Waals surface area contributed by atoms with Gasteiger partial charge in [-0.1, -0.05) is 0 Å². The third kappa shape index (κ3) is 3.07. The van der Waals surface area contributed by atoms with Gasteiger partial charge in [-0.2, -0.15) is 0 Å². The number of anilines is 2. The molecule has 112 valence electrons. The van der Waals surface area contributed by atoms with Crippen molar-refractivity contribution in [1.29, 1.82) is 0 Å². The summed E-state index contributed by atoms with van der Waals surface area (Å²) in [6.45, 7) is 0. The minimum Gasteiger partial charge on any atom is -0.340 e. The summed E-state index contributed by atoms with van der Waals surface area (Å²) in [4.78, 5) is 4.68. The first-order valence-electron chi connectivity index (χ1n) is 6.55. The molecule has 6 heteroatoms. The molecule has 3 rings (SSSR count). The molecule has 0 spiro atoms. The van der Waals surface area contributed by atoms with Crippen molar-refractivity contribution in [3.05, 3.63) is 60.4 Å². The molecule has 0 saturated heterocycles. The van der Waals surface area contributed by atoms with E-state index in [1.54, 1.807) is 36.4 Å². The van der Waals surface area contributed by atoms with Gasteiger partial charge in [0.25, 0.3) is 0 Å². The van der Waals surface area contributed by atoms with Gasteiger partial charge in [-0.25, -0.2) is 17.8 Å². The van der Waals surface area contributed by atoms with E-state index in [4.69, 9.17) is 0 Å². The number of hydrogen-bond acceptors (Lipinski definition) is 4. The Hall–Kier alpha value is -2.47. The first-order valence-corrected chi connectivity index (χ1v) is 8.44. The molecule has 22 heavy (non-hydrogen) atoms. The lowest BCUT2D eigenvalue weighted by atomic mass is 10.2. The molecule has 0 radical (unpaired) electrons. The fraction of sp³-hybridized carbons (Fsp3) is 0.0625. The van der Waals surface area contributed by atoms with Crippen molar-refractivity contribution < 1.29 is 12.8 Å². The van der Waals surface area contributed by atoms with Crippen LogP contribution in [0.5, 0.6) is 0 Å². The molecule has 0 aliphatic carbocycles. The van der Waals surface area contributed by atoms with E-state index in [9.17, 15) is 12.8 Å². The third-order valence-electron chi connectivity index (χ3n) is 3.21. The van der Waals surface area contributed by atoms with Crippen LogP contribution in [0, 0.1) is 5.82 Å². The Bertz CT molecular complexity index is 938. The number of rotatable bonds is 3. The monoisotopic (exact) mass is 316 g/mol. The van der Waals surface area contributed by atoms with Crippen molar-refractivity contribution in [2.75, 3.05) is 11.6 Å². The Labute approximate surface area is 127 Å². The van der Waals surface area contributed by atoms with Crippen LogP contribution >= 0.6 is 0 Å². The summed E-state index contributed by atoms with van der Waals surface area (Å²) in [5, 5.41) is 3.82. The maximum absolute atomic E-state index is 12.9. The zero-order valence-electron chi connectivity index (χ0n) is 11.7. The largest absolute Gasteiger partial charge is 0.340 e. The molecule has 2 aromatic carbocycles. The van der Waals surface area contributed by atoms with Crippen molar-refractivity contribution in [2.24, 2.45) is 0 Å².